The highest BCUT2D eigenvalue weighted by atomic mass is 79.9. The van der Waals surface area contributed by atoms with Gasteiger partial charge in [0.2, 0.25) is 10.0 Å². The highest BCUT2D eigenvalue weighted by molar-refractivity contribution is 9.11. The van der Waals surface area contributed by atoms with Crippen LogP contribution in [0.15, 0.2) is 38.4 Å². The zero-order valence-electron chi connectivity index (χ0n) is 11.6. The van der Waals surface area contributed by atoms with Gasteiger partial charge in [-0.3, -0.25) is 4.68 Å². The van der Waals surface area contributed by atoms with E-state index in [2.05, 4.69) is 41.7 Å². The van der Waals surface area contributed by atoms with Crippen molar-refractivity contribution in [3.8, 4) is 0 Å². The van der Waals surface area contributed by atoms with Gasteiger partial charge in [0.1, 0.15) is 0 Å². The second-order valence-corrected chi connectivity index (χ2v) is 8.15. The van der Waals surface area contributed by atoms with E-state index in [1.165, 1.54) is 0 Å². The molecule has 0 saturated carbocycles. The molecule has 0 amide bonds. The maximum absolute atomic E-state index is 12.3. The number of aryl methyl sites for hydroxylation is 2. The molecule has 0 fully saturated rings. The van der Waals surface area contributed by atoms with Crippen LogP contribution in [0.4, 0.5) is 0 Å². The lowest BCUT2D eigenvalue weighted by Crippen LogP contribution is -2.28. The van der Waals surface area contributed by atoms with Crippen LogP contribution in [-0.2, 0) is 16.6 Å². The number of hydrogen-bond donors (Lipinski definition) is 1. The largest absolute Gasteiger partial charge is 0.271 e. The first-order chi connectivity index (χ1) is 9.79. The third kappa shape index (κ3) is 4.15. The fourth-order valence-electron chi connectivity index (χ4n) is 1.80. The highest BCUT2D eigenvalue weighted by Crippen LogP contribution is 2.28. The Labute approximate surface area is 141 Å². The minimum atomic E-state index is -3.56. The van der Waals surface area contributed by atoms with Crippen molar-refractivity contribution in [2.24, 2.45) is 0 Å². The number of nitrogens with zero attached hydrogens (tertiary/aromatic N) is 2. The number of nitrogens with one attached hydrogen (secondary N) is 1. The van der Waals surface area contributed by atoms with E-state index in [0.29, 0.717) is 11.0 Å². The van der Waals surface area contributed by atoms with E-state index < -0.39 is 10.0 Å². The van der Waals surface area contributed by atoms with Crippen LogP contribution in [0.5, 0.6) is 0 Å². The van der Waals surface area contributed by atoms with Crippen molar-refractivity contribution in [1.29, 1.82) is 0 Å². The summed E-state index contributed by atoms with van der Waals surface area (Å²) in [4.78, 5) is 0.219. The van der Waals surface area contributed by atoms with Crippen LogP contribution in [-0.4, -0.2) is 24.7 Å². The summed E-state index contributed by atoms with van der Waals surface area (Å²) in [5.41, 5.74) is 2.01. The van der Waals surface area contributed by atoms with Gasteiger partial charge >= 0.3 is 0 Å². The summed E-state index contributed by atoms with van der Waals surface area (Å²) in [6.07, 6.45) is 3.61. The van der Waals surface area contributed by atoms with E-state index in [1.807, 2.05) is 20.0 Å². The average Bonchev–Trinajstić information content (AvgIpc) is 2.79. The Morgan fingerprint density at radius 3 is 2.57 bits per heavy atom. The van der Waals surface area contributed by atoms with E-state index in [4.69, 9.17) is 0 Å². The fourth-order valence-corrected chi connectivity index (χ4v) is 4.49. The van der Waals surface area contributed by atoms with Crippen molar-refractivity contribution in [2.45, 2.75) is 25.3 Å². The molecule has 1 aromatic heterocycles. The molecule has 2 rings (SSSR count). The lowest BCUT2D eigenvalue weighted by atomic mass is 10.2. The molecule has 2 aromatic rings. The van der Waals surface area contributed by atoms with Crippen molar-refractivity contribution in [2.75, 3.05) is 6.54 Å². The molecule has 0 aliphatic carbocycles. The summed E-state index contributed by atoms with van der Waals surface area (Å²) in [7, 11) is -3.56. The summed E-state index contributed by atoms with van der Waals surface area (Å²) in [6.45, 7) is 4.60. The molecule has 0 spiro atoms. The Hall–Kier alpha value is -0.700. The third-order valence-electron chi connectivity index (χ3n) is 2.90. The number of sulfonamides is 1. The van der Waals surface area contributed by atoms with Crippen LogP contribution in [0.1, 0.15) is 11.1 Å². The molecule has 1 N–H and O–H groups in total. The maximum atomic E-state index is 12.3. The summed E-state index contributed by atoms with van der Waals surface area (Å²) >= 11 is 6.65. The summed E-state index contributed by atoms with van der Waals surface area (Å²) in [5, 5.41) is 4.12. The van der Waals surface area contributed by atoms with Gasteiger partial charge in [-0.1, -0.05) is 15.9 Å². The van der Waals surface area contributed by atoms with Gasteiger partial charge in [-0.2, -0.15) is 5.10 Å². The third-order valence-corrected chi connectivity index (χ3v) is 6.17. The number of hydrogen-bond acceptors (Lipinski definition) is 3. The Morgan fingerprint density at radius 2 is 1.95 bits per heavy atom. The van der Waals surface area contributed by atoms with Crippen molar-refractivity contribution in [3.05, 3.63) is 44.6 Å². The van der Waals surface area contributed by atoms with Gasteiger partial charge in [-0.05, 0) is 53.0 Å². The minimum Gasteiger partial charge on any atom is -0.271 e. The van der Waals surface area contributed by atoms with Gasteiger partial charge in [0, 0.05) is 21.7 Å². The molecule has 21 heavy (non-hydrogen) atoms. The predicted octanol–water partition coefficient (Wildman–Crippen LogP) is 3.00. The summed E-state index contributed by atoms with van der Waals surface area (Å²) in [6, 6.07) is 3.37. The molecule has 0 unspecified atom stereocenters. The van der Waals surface area contributed by atoms with Crippen LogP contribution in [0, 0.1) is 13.8 Å². The second kappa shape index (κ2) is 6.60. The Bertz CT molecular complexity index is 757. The number of aromatic nitrogens is 2. The fraction of sp³-hybridized carbons (Fsp3) is 0.308. The van der Waals surface area contributed by atoms with Crippen LogP contribution in [0.25, 0.3) is 0 Å². The lowest BCUT2D eigenvalue weighted by molar-refractivity contribution is 0.560. The summed E-state index contributed by atoms with van der Waals surface area (Å²) in [5.74, 6) is 0. The lowest BCUT2D eigenvalue weighted by Gasteiger charge is -2.10. The van der Waals surface area contributed by atoms with Crippen molar-refractivity contribution >= 4 is 41.9 Å². The predicted molar refractivity (Wildman–Crippen MR) is 88.7 cm³/mol. The van der Waals surface area contributed by atoms with E-state index in [9.17, 15) is 8.42 Å². The number of rotatable bonds is 5. The second-order valence-electron chi connectivity index (χ2n) is 4.71. The molecule has 0 aliphatic heterocycles. The number of halogens is 2. The van der Waals surface area contributed by atoms with E-state index in [-0.39, 0.29) is 11.4 Å². The minimum absolute atomic E-state index is 0.219. The van der Waals surface area contributed by atoms with E-state index in [1.54, 1.807) is 23.0 Å². The Kier molecular flexibility index (Phi) is 5.24. The number of benzene rings is 1. The van der Waals surface area contributed by atoms with Crippen LogP contribution in [0.3, 0.4) is 0 Å². The molecule has 0 aliphatic rings. The van der Waals surface area contributed by atoms with Gasteiger partial charge in [0.25, 0.3) is 0 Å². The Balaban J connectivity index is 2.10. The van der Waals surface area contributed by atoms with Gasteiger partial charge < -0.3 is 0 Å². The Morgan fingerprint density at radius 1 is 1.24 bits per heavy atom. The van der Waals surface area contributed by atoms with Crippen molar-refractivity contribution in [1.82, 2.24) is 14.5 Å². The molecule has 0 saturated heterocycles. The topological polar surface area (TPSA) is 64.0 Å². The zero-order chi connectivity index (χ0) is 15.6. The smallest absolute Gasteiger partial charge is 0.241 e. The zero-order valence-corrected chi connectivity index (χ0v) is 15.6. The highest BCUT2D eigenvalue weighted by Gasteiger charge is 2.18. The first kappa shape index (κ1) is 16.7. The summed E-state index contributed by atoms with van der Waals surface area (Å²) < 4.78 is 30.2. The quantitative estimate of drug-likeness (QED) is 0.783. The van der Waals surface area contributed by atoms with Crippen molar-refractivity contribution in [3.63, 3.8) is 0 Å². The van der Waals surface area contributed by atoms with Crippen LogP contribution < -0.4 is 4.72 Å². The molecule has 8 heteroatoms. The SMILES string of the molecule is Cc1cnn(CCNS(=O)(=O)c2cc(Br)c(C)cc2Br)c1. The molecular weight excluding hydrogens is 422 g/mol. The van der Waals surface area contributed by atoms with E-state index >= 15 is 0 Å². The maximum Gasteiger partial charge on any atom is 0.241 e. The van der Waals surface area contributed by atoms with Gasteiger partial charge in [0.15, 0.2) is 0 Å². The molecule has 0 bridgehead atoms. The standard InChI is InChI=1S/C13H15Br2N3O2S/c1-9-7-16-18(8-9)4-3-17-21(19,20)13-6-11(14)10(2)5-12(13)15/h5-8,17H,3-4H2,1-2H3. The normalized spacial score (nSPS) is 11.8. The van der Waals surface area contributed by atoms with Gasteiger partial charge in [0.05, 0.1) is 17.6 Å². The molecule has 5 nitrogen and oxygen atoms in total. The van der Waals surface area contributed by atoms with Gasteiger partial charge in [-0.15, -0.1) is 0 Å². The molecule has 0 radical (unpaired) electrons. The van der Waals surface area contributed by atoms with Crippen LogP contribution in [0.2, 0.25) is 0 Å². The molecule has 1 heterocycles. The first-order valence-corrected chi connectivity index (χ1v) is 9.31. The monoisotopic (exact) mass is 435 g/mol. The molecule has 1 aromatic carbocycles. The van der Waals surface area contributed by atoms with Crippen LogP contribution >= 0.6 is 31.9 Å². The molecule has 0 atom stereocenters. The average molecular weight is 437 g/mol. The van der Waals surface area contributed by atoms with E-state index in [0.717, 1.165) is 15.6 Å². The molecular formula is C13H15Br2N3O2S. The first-order valence-electron chi connectivity index (χ1n) is 6.24. The van der Waals surface area contributed by atoms with Crippen molar-refractivity contribution < 1.29 is 8.42 Å². The molecule has 114 valence electrons. The van der Waals surface area contributed by atoms with Gasteiger partial charge in [-0.25, -0.2) is 13.1 Å².